The van der Waals surface area contributed by atoms with Gasteiger partial charge in [0.2, 0.25) is 0 Å². The third-order valence-electron chi connectivity index (χ3n) is 3.46. The minimum absolute atomic E-state index is 0.0594. The maximum Gasteiger partial charge on any atom is 0.295 e. The first-order valence-electron chi connectivity index (χ1n) is 6.62. The van der Waals surface area contributed by atoms with Gasteiger partial charge in [-0.2, -0.15) is 11.8 Å². The van der Waals surface area contributed by atoms with E-state index in [1.807, 2.05) is 23.9 Å². The Morgan fingerprint density at radius 2 is 2.30 bits per heavy atom. The van der Waals surface area contributed by atoms with Gasteiger partial charge in [0.15, 0.2) is 0 Å². The SMILES string of the molecule is O=[N+]([O-])c1ccc(NC2CCCSC2)c2cccnc12. The van der Waals surface area contributed by atoms with Crippen LogP contribution in [0.25, 0.3) is 10.9 Å². The molecule has 3 rings (SSSR count). The highest BCUT2D eigenvalue weighted by molar-refractivity contribution is 7.99. The number of nitro groups is 1. The monoisotopic (exact) mass is 289 g/mol. The summed E-state index contributed by atoms with van der Waals surface area (Å²) in [5.74, 6) is 2.31. The van der Waals surface area contributed by atoms with Crippen LogP contribution in [-0.2, 0) is 0 Å². The summed E-state index contributed by atoms with van der Waals surface area (Å²) in [7, 11) is 0. The maximum atomic E-state index is 11.1. The number of nitrogens with zero attached hydrogens (tertiary/aromatic N) is 2. The van der Waals surface area contributed by atoms with E-state index in [1.54, 1.807) is 12.3 Å². The molecule has 1 saturated heterocycles. The van der Waals surface area contributed by atoms with Gasteiger partial charge in [0.05, 0.1) is 4.92 Å². The van der Waals surface area contributed by atoms with E-state index in [0.29, 0.717) is 11.6 Å². The molecule has 0 spiro atoms. The van der Waals surface area contributed by atoms with Crippen LogP contribution in [0.4, 0.5) is 11.4 Å². The Morgan fingerprint density at radius 3 is 3.05 bits per heavy atom. The van der Waals surface area contributed by atoms with Gasteiger partial charge < -0.3 is 5.32 Å². The average Bonchev–Trinajstić information content (AvgIpc) is 2.48. The molecule has 2 heterocycles. The van der Waals surface area contributed by atoms with Crippen molar-refractivity contribution in [2.24, 2.45) is 0 Å². The molecule has 1 N–H and O–H groups in total. The molecule has 0 radical (unpaired) electrons. The van der Waals surface area contributed by atoms with Gasteiger partial charge in [-0.05, 0) is 36.8 Å². The number of fused-ring (bicyclic) bond motifs is 1. The number of nitrogens with one attached hydrogen (secondary N) is 1. The standard InChI is InChI=1S/C14H15N3O2S/c18-17(19)13-6-5-12(11-4-1-7-15-14(11)13)16-10-3-2-8-20-9-10/h1,4-7,10,16H,2-3,8-9H2. The summed E-state index contributed by atoms with van der Waals surface area (Å²) in [6.45, 7) is 0. The highest BCUT2D eigenvalue weighted by atomic mass is 32.2. The zero-order chi connectivity index (χ0) is 13.9. The minimum atomic E-state index is -0.379. The van der Waals surface area contributed by atoms with Crippen molar-refractivity contribution in [2.75, 3.05) is 16.8 Å². The molecule has 104 valence electrons. The summed E-state index contributed by atoms with van der Waals surface area (Å²) in [6, 6.07) is 7.45. The van der Waals surface area contributed by atoms with E-state index in [9.17, 15) is 10.1 Å². The fourth-order valence-corrected chi connectivity index (χ4v) is 3.58. The van der Waals surface area contributed by atoms with E-state index in [4.69, 9.17) is 0 Å². The molecule has 1 aliphatic heterocycles. The first kappa shape index (κ1) is 13.2. The Morgan fingerprint density at radius 1 is 1.40 bits per heavy atom. The van der Waals surface area contributed by atoms with Crippen LogP contribution in [0.2, 0.25) is 0 Å². The number of hydrogen-bond acceptors (Lipinski definition) is 5. The molecule has 6 heteroatoms. The van der Waals surface area contributed by atoms with Gasteiger partial charge in [0.1, 0.15) is 5.52 Å². The quantitative estimate of drug-likeness (QED) is 0.692. The average molecular weight is 289 g/mol. The second-order valence-electron chi connectivity index (χ2n) is 4.85. The molecular formula is C14H15N3O2S. The smallest absolute Gasteiger partial charge is 0.295 e. The van der Waals surface area contributed by atoms with Crippen molar-refractivity contribution in [1.29, 1.82) is 0 Å². The predicted molar refractivity (Wildman–Crippen MR) is 82.4 cm³/mol. The van der Waals surface area contributed by atoms with Crippen molar-refractivity contribution in [2.45, 2.75) is 18.9 Å². The van der Waals surface area contributed by atoms with E-state index in [1.165, 1.54) is 18.2 Å². The second-order valence-corrected chi connectivity index (χ2v) is 6.00. The summed E-state index contributed by atoms with van der Waals surface area (Å²) >= 11 is 1.95. The normalized spacial score (nSPS) is 18.9. The summed E-state index contributed by atoms with van der Waals surface area (Å²) in [5.41, 5.74) is 1.45. The number of rotatable bonds is 3. The molecular weight excluding hydrogens is 274 g/mol. The second kappa shape index (κ2) is 5.66. The Bertz CT molecular complexity index is 641. The van der Waals surface area contributed by atoms with Crippen LogP contribution in [0.5, 0.6) is 0 Å². The number of anilines is 1. The lowest BCUT2D eigenvalue weighted by Gasteiger charge is -2.24. The molecule has 0 bridgehead atoms. The van der Waals surface area contributed by atoms with Crippen LogP contribution in [0, 0.1) is 10.1 Å². The molecule has 1 unspecified atom stereocenters. The number of thioether (sulfide) groups is 1. The third-order valence-corrected chi connectivity index (χ3v) is 4.68. The number of aromatic nitrogens is 1. The first-order chi connectivity index (χ1) is 9.75. The topological polar surface area (TPSA) is 68.1 Å². The Kier molecular flexibility index (Phi) is 3.73. The van der Waals surface area contributed by atoms with Crippen molar-refractivity contribution in [1.82, 2.24) is 4.98 Å². The largest absolute Gasteiger partial charge is 0.381 e. The molecule has 0 aliphatic carbocycles. The van der Waals surface area contributed by atoms with Crippen LogP contribution in [-0.4, -0.2) is 27.5 Å². The van der Waals surface area contributed by atoms with E-state index >= 15 is 0 Å². The number of nitro benzene ring substituents is 1. The molecule has 1 atom stereocenters. The summed E-state index contributed by atoms with van der Waals surface area (Å²) in [5, 5.41) is 15.4. The van der Waals surface area contributed by atoms with Crippen LogP contribution >= 0.6 is 11.8 Å². The van der Waals surface area contributed by atoms with Gasteiger partial charge in [-0.15, -0.1) is 0 Å². The summed E-state index contributed by atoms with van der Waals surface area (Å²) < 4.78 is 0. The van der Waals surface area contributed by atoms with Gasteiger partial charge in [-0.1, -0.05) is 0 Å². The van der Waals surface area contributed by atoms with E-state index in [-0.39, 0.29) is 10.6 Å². The lowest BCUT2D eigenvalue weighted by molar-refractivity contribution is -0.383. The Balaban J connectivity index is 1.99. The Hall–Kier alpha value is -1.82. The van der Waals surface area contributed by atoms with Crippen molar-refractivity contribution in [3.8, 4) is 0 Å². The molecule has 1 aromatic carbocycles. The highest BCUT2D eigenvalue weighted by Crippen LogP contribution is 2.31. The lowest BCUT2D eigenvalue weighted by Crippen LogP contribution is -2.25. The van der Waals surface area contributed by atoms with Crippen LogP contribution in [0.15, 0.2) is 30.5 Å². The number of pyridine rings is 1. The van der Waals surface area contributed by atoms with Crippen LogP contribution in [0.1, 0.15) is 12.8 Å². The van der Waals surface area contributed by atoms with Crippen LogP contribution < -0.4 is 5.32 Å². The fourth-order valence-electron chi connectivity index (χ4n) is 2.51. The predicted octanol–water partition coefficient (Wildman–Crippen LogP) is 3.45. The molecule has 0 saturated carbocycles. The molecule has 2 aromatic rings. The number of non-ortho nitro benzene ring substituents is 1. The van der Waals surface area contributed by atoms with Gasteiger partial charge in [-0.25, -0.2) is 4.98 Å². The number of benzene rings is 1. The first-order valence-corrected chi connectivity index (χ1v) is 7.77. The van der Waals surface area contributed by atoms with Gasteiger partial charge in [0.25, 0.3) is 5.69 Å². The Labute approximate surface area is 120 Å². The van der Waals surface area contributed by atoms with Gasteiger partial charge in [0, 0.05) is 35.1 Å². The van der Waals surface area contributed by atoms with E-state index < -0.39 is 0 Å². The zero-order valence-corrected chi connectivity index (χ0v) is 11.7. The van der Waals surface area contributed by atoms with Gasteiger partial charge in [-0.3, -0.25) is 10.1 Å². The molecule has 5 nitrogen and oxygen atoms in total. The lowest BCUT2D eigenvalue weighted by atomic mass is 10.1. The van der Waals surface area contributed by atoms with Gasteiger partial charge >= 0.3 is 0 Å². The maximum absolute atomic E-state index is 11.1. The van der Waals surface area contributed by atoms with Crippen LogP contribution in [0.3, 0.4) is 0 Å². The van der Waals surface area contributed by atoms with Crippen molar-refractivity contribution >= 4 is 34.0 Å². The fraction of sp³-hybridized carbons (Fsp3) is 0.357. The molecule has 0 amide bonds. The summed E-state index contributed by atoms with van der Waals surface area (Å²) in [6.07, 6.45) is 3.95. The molecule has 1 fully saturated rings. The van der Waals surface area contributed by atoms with Crippen molar-refractivity contribution in [3.05, 3.63) is 40.6 Å². The minimum Gasteiger partial charge on any atom is -0.381 e. The van der Waals surface area contributed by atoms with Crippen molar-refractivity contribution in [3.63, 3.8) is 0 Å². The highest BCUT2D eigenvalue weighted by Gasteiger charge is 2.18. The number of hydrogen-bond donors (Lipinski definition) is 1. The molecule has 1 aromatic heterocycles. The zero-order valence-electron chi connectivity index (χ0n) is 10.9. The third kappa shape index (κ3) is 2.56. The van der Waals surface area contributed by atoms with E-state index in [0.717, 1.165) is 23.2 Å². The van der Waals surface area contributed by atoms with Crippen molar-refractivity contribution < 1.29 is 4.92 Å². The molecule has 1 aliphatic rings. The van der Waals surface area contributed by atoms with E-state index in [2.05, 4.69) is 10.3 Å². The summed E-state index contributed by atoms with van der Waals surface area (Å²) in [4.78, 5) is 14.8. The molecule has 20 heavy (non-hydrogen) atoms.